The van der Waals surface area contributed by atoms with Gasteiger partial charge in [0.2, 0.25) is 0 Å². The topological polar surface area (TPSA) is 132 Å². The highest BCUT2D eigenvalue weighted by atomic mass is 16.4. The molecule has 152 valence electrons. The maximum absolute atomic E-state index is 12.1. The molecule has 1 fully saturated rings. The molecular weight excluding hydrogens is 360 g/mol. The first-order valence-electron chi connectivity index (χ1n) is 9.69. The lowest BCUT2D eigenvalue weighted by molar-refractivity contribution is -0.137. The zero-order chi connectivity index (χ0) is 19.9. The predicted octanol–water partition coefficient (Wildman–Crippen LogP) is 0.0836. The number of nitrogens with one attached hydrogen (secondary N) is 3. The van der Waals surface area contributed by atoms with Crippen molar-refractivity contribution < 1.29 is 14.7 Å². The lowest BCUT2D eigenvalue weighted by atomic mass is 10.0. The van der Waals surface area contributed by atoms with E-state index in [4.69, 9.17) is 10.8 Å². The van der Waals surface area contributed by atoms with Gasteiger partial charge in [-0.3, -0.25) is 14.6 Å². The van der Waals surface area contributed by atoms with Crippen LogP contribution in [-0.4, -0.2) is 61.3 Å². The van der Waals surface area contributed by atoms with Crippen LogP contribution in [0.2, 0.25) is 0 Å². The molecule has 1 amide bonds. The van der Waals surface area contributed by atoms with Crippen LogP contribution in [0.3, 0.4) is 0 Å². The summed E-state index contributed by atoms with van der Waals surface area (Å²) in [5, 5.41) is 18.0. The number of aliphatic carboxylic acids is 1. The molecule has 0 bridgehead atoms. The number of piperidine rings is 1. The summed E-state index contributed by atoms with van der Waals surface area (Å²) >= 11 is 0. The van der Waals surface area contributed by atoms with E-state index in [1.54, 1.807) is 12.1 Å². The number of benzene rings is 1. The third-order valence-electron chi connectivity index (χ3n) is 4.94. The van der Waals surface area contributed by atoms with Crippen molar-refractivity contribution in [1.82, 2.24) is 16.0 Å². The Morgan fingerprint density at radius 1 is 1.29 bits per heavy atom. The van der Waals surface area contributed by atoms with Gasteiger partial charge in [0.25, 0.3) is 5.91 Å². The molecule has 2 aliphatic heterocycles. The van der Waals surface area contributed by atoms with E-state index in [9.17, 15) is 9.59 Å². The largest absolute Gasteiger partial charge is 0.481 e. The van der Waals surface area contributed by atoms with Gasteiger partial charge in [-0.1, -0.05) is 0 Å². The molecule has 1 aromatic carbocycles. The summed E-state index contributed by atoms with van der Waals surface area (Å²) in [6, 6.07) is 7.73. The van der Waals surface area contributed by atoms with E-state index < -0.39 is 12.1 Å². The fourth-order valence-electron chi connectivity index (χ4n) is 3.42. The highest BCUT2D eigenvalue weighted by Gasteiger charge is 2.21. The Bertz CT molecular complexity index is 713. The lowest BCUT2D eigenvalue weighted by Crippen LogP contribution is -2.50. The van der Waals surface area contributed by atoms with E-state index in [1.165, 1.54) is 0 Å². The van der Waals surface area contributed by atoms with Crippen LogP contribution in [0.4, 0.5) is 5.69 Å². The summed E-state index contributed by atoms with van der Waals surface area (Å²) in [6.07, 6.45) is 1.91. The van der Waals surface area contributed by atoms with Gasteiger partial charge < -0.3 is 31.7 Å². The molecule has 9 heteroatoms. The predicted molar refractivity (Wildman–Crippen MR) is 107 cm³/mol. The number of nitrogens with zero attached hydrogens (tertiary/aromatic N) is 2. The van der Waals surface area contributed by atoms with Crippen molar-refractivity contribution in [1.29, 1.82) is 0 Å². The molecule has 2 heterocycles. The number of hydrogen-bond acceptors (Lipinski definition) is 7. The van der Waals surface area contributed by atoms with E-state index in [0.717, 1.165) is 57.1 Å². The molecule has 28 heavy (non-hydrogen) atoms. The van der Waals surface area contributed by atoms with Gasteiger partial charge in [0.15, 0.2) is 5.96 Å². The van der Waals surface area contributed by atoms with Crippen LogP contribution in [0.15, 0.2) is 29.3 Å². The first kappa shape index (κ1) is 19.9. The zero-order valence-electron chi connectivity index (χ0n) is 15.9. The number of aliphatic imine (C=N–C) groups is 1. The minimum absolute atomic E-state index is 0.311. The van der Waals surface area contributed by atoms with E-state index in [2.05, 4.69) is 25.8 Å². The molecule has 0 aliphatic carbocycles. The van der Waals surface area contributed by atoms with Crippen molar-refractivity contribution in [2.75, 3.05) is 31.1 Å². The molecule has 3 rings (SSSR count). The fourth-order valence-corrected chi connectivity index (χ4v) is 3.42. The monoisotopic (exact) mass is 388 g/mol. The van der Waals surface area contributed by atoms with Gasteiger partial charge in [-0.15, -0.1) is 0 Å². The minimum atomic E-state index is -1.05. The summed E-state index contributed by atoms with van der Waals surface area (Å²) in [6.45, 7) is 3.72. The first-order valence-corrected chi connectivity index (χ1v) is 9.69. The molecule has 1 unspecified atom stereocenters. The fraction of sp³-hybridized carbons (Fsp3) is 0.526. The molecule has 9 nitrogen and oxygen atoms in total. The number of carbonyl (C=O) groups is 2. The van der Waals surface area contributed by atoms with E-state index in [-0.39, 0.29) is 12.3 Å². The second kappa shape index (κ2) is 9.41. The van der Waals surface area contributed by atoms with Crippen LogP contribution in [-0.2, 0) is 4.79 Å². The summed E-state index contributed by atoms with van der Waals surface area (Å²) < 4.78 is 0. The Hall–Kier alpha value is -2.81. The Kier molecular flexibility index (Phi) is 6.70. The van der Waals surface area contributed by atoms with Crippen molar-refractivity contribution in [2.45, 2.75) is 37.9 Å². The highest BCUT2D eigenvalue weighted by Crippen LogP contribution is 2.20. The van der Waals surface area contributed by atoms with Gasteiger partial charge >= 0.3 is 5.97 Å². The molecule has 0 spiro atoms. The Labute approximate surface area is 164 Å². The van der Waals surface area contributed by atoms with Crippen molar-refractivity contribution in [3.05, 3.63) is 29.8 Å². The van der Waals surface area contributed by atoms with Gasteiger partial charge in [0.1, 0.15) is 0 Å². The Morgan fingerprint density at radius 2 is 2.00 bits per heavy atom. The molecule has 0 saturated carbocycles. The number of anilines is 1. The highest BCUT2D eigenvalue weighted by molar-refractivity contribution is 5.94. The first-order chi connectivity index (χ1) is 13.5. The molecule has 0 radical (unpaired) electrons. The van der Waals surface area contributed by atoms with E-state index >= 15 is 0 Å². The van der Waals surface area contributed by atoms with Gasteiger partial charge in [0, 0.05) is 43.5 Å². The number of carbonyl (C=O) groups excluding carboxylic acids is 1. The van der Waals surface area contributed by atoms with Gasteiger partial charge in [-0.25, -0.2) is 0 Å². The molecular formula is C19H28N6O3. The number of guanidine groups is 1. The van der Waals surface area contributed by atoms with E-state index in [1.807, 2.05) is 12.1 Å². The van der Waals surface area contributed by atoms with E-state index in [0.29, 0.717) is 11.6 Å². The van der Waals surface area contributed by atoms with Crippen LogP contribution in [0.25, 0.3) is 0 Å². The number of carboxylic acid groups (broad SMARTS) is 1. The van der Waals surface area contributed by atoms with Crippen molar-refractivity contribution in [2.24, 2.45) is 10.7 Å². The van der Waals surface area contributed by atoms with Gasteiger partial charge in [0.05, 0.1) is 12.6 Å². The van der Waals surface area contributed by atoms with Crippen molar-refractivity contribution in [3.8, 4) is 0 Å². The smallest absolute Gasteiger partial charge is 0.306 e. The lowest BCUT2D eigenvalue weighted by Gasteiger charge is -2.35. The number of hydrogen-bond donors (Lipinski definition) is 5. The average Bonchev–Trinajstić information content (AvgIpc) is 2.69. The zero-order valence-corrected chi connectivity index (χ0v) is 15.9. The number of amides is 1. The normalized spacial score (nSPS) is 18.6. The summed E-state index contributed by atoms with van der Waals surface area (Å²) in [5.41, 5.74) is 7.13. The quantitative estimate of drug-likeness (QED) is 0.436. The van der Waals surface area contributed by atoms with Crippen LogP contribution in [0.1, 0.15) is 36.0 Å². The van der Waals surface area contributed by atoms with Crippen LogP contribution in [0, 0.1) is 0 Å². The van der Waals surface area contributed by atoms with Crippen LogP contribution < -0.4 is 26.6 Å². The third kappa shape index (κ3) is 5.59. The van der Waals surface area contributed by atoms with Crippen molar-refractivity contribution >= 4 is 23.5 Å². The standard InChI is InChI=1S/C19H28N6O3/c20-16(12-17(26)27)24-18(28)13-2-4-15(5-3-13)25-10-6-14(7-11-25)23-19-21-8-1-9-22-19/h2-5,14,16H,1,6-12,20H2,(H,24,28)(H,26,27)(H2,21,22,23). The summed E-state index contributed by atoms with van der Waals surface area (Å²) in [4.78, 5) is 29.5. The molecule has 1 aromatic rings. The molecule has 0 aromatic heterocycles. The maximum Gasteiger partial charge on any atom is 0.306 e. The molecule has 2 aliphatic rings. The van der Waals surface area contributed by atoms with Gasteiger partial charge in [-0.2, -0.15) is 0 Å². The molecule has 1 atom stereocenters. The third-order valence-corrected chi connectivity index (χ3v) is 4.94. The average molecular weight is 388 g/mol. The van der Waals surface area contributed by atoms with Gasteiger partial charge in [-0.05, 0) is 43.5 Å². The Balaban J connectivity index is 1.48. The second-order valence-electron chi connectivity index (χ2n) is 7.14. The van der Waals surface area contributed by atoms with Crippen LogP contribution >= 0.6 is 0 Å². The van der Waals surface area contributed by atoms with Crippen LogP contribution in [0.5, 0.6) is 0 Å². The molecule has 6 N–H and O–H groups in total. The van der Waals surface area contributed by atoms with Crippen molar-refractivity contribution in [3.63, 3.8) is 0 Å². The second-order valence-corrected chi connectivity index (χ2v) is 7.14. The molecule has 1 saturated heterocycles. The summed E-state index contributed by atoms with van der Waals surface area (Å²) in [5.74, 6) is -0.502. The SMILES string of the molecule is NC(CC(=O)O)NC(=O)c1ccc(N2CCC(NC3=NCCCN3)CC2)cc1. The summed E-state index contributed by atoms with van der Waals surface area (Å²) in [7, 11) is 0. The minimum Gasteiger partial charge on any atom is -0.481 e. The Morgan fingerprint density at radius 3 is 2.61 bits per heavy atom. The number of nitrogens with two attached hydrogens (primary N) is 1. The number of carboxylic acids is 1. The maximum atomic E-state index is 12.1. The number of rotatable bonds is 6.